The van der Waals surface area contributed by atoms with E-state index in [1.165, 1.54) is 0 Å². The Kier molecular flexibility index (Phi) is 5.28. The summed E-state index contributed by atoms with van der Waals surface area (Å²) >= 11 is 0. The Morgan fingerprint density at radius 1 is 1.21 bits per heavy atom. The van der Waals surface area contributed by atoms with Crippen LogP contribution in [0.25, 0.3) is 0 Å². The Morgan fingerprint density at radius 2 is 1.96 bits per heavy atom. The molecule has 0 saturated carbocycles. The SMILES string of the molecule is CCOc1ccc(NC(=O)c2ccc(N3CCOCC3)cn2)cc1. The summed E-state index contributed by atoms with van der Waals surface area (Å²) in [4.78, 5) is 18.8. The largest absolute Gasteiger partial charge is 0.494 e. The number of carbonyl (C=O) groups excluding carboxylic acids is 1. The molecule has 2 heterocycles. The van der Waals surface area contributed by atoms with Gasteiger partial charge in [-0.1, -0.05) is 0 Å². The highest BCUT2D eigenvalue weighted by Gasteiger charge is 2.13. The van der Waals surface area contributed by atoms with Crippen molar-refractivity contribution in [2.24, 2.45) is 0 Å². The monoisotopic (exact) mass is 327 g/mol. The fourth-order valence-corrected chi connectivity index (χ4v) is 2.53. The van der Waals surface area contributed by atoms with Crippen LogP contribution in [-0.2, 0) is 4.74 Å². The molecule has 1 saturated heterocycles. The third kappa shape index (κ3) is 4.02. The maximum absolute atomic E-state index is 12.3. The van der Waals surface area contributed by atoms with E-state index in [0.717, 1.165) is 37.7 Å². The van der Waals surface area contributed by atoms with E-state index in [2.05, 4.69) is 15.2 Å². The van der Waals surface area contributed by atoms with Crippen LogP contribution in [0.3, 0.4) is 0 Å². The summed E-state index contributed by atoms with van der Waals surface area (Å²) < 4.78 is 10.7. The molecule has 0 spiro atoms. The summed E-state index contributed by atoms with van der Waals surface area (Å²) in [6.07, 6.45) is 1.73. The zero-order valence-corrected chi connectivity index (χ0v) is 13.7. The van der Waals surface area contributed by atoms with E-state index in [0.29, 0.717) is 18.0 Å². The van der Waals surface area contributed by atoms with Crippen LogP contribution in [0.4, 0.5) is 11.4 Å². The molecule has 3 rings (SSSR count). The van der Waals surface area contributed by atoms with Crippen LogP contribution < -0.4 is 15.0 Å². The minimum Gasteiger partial charge on any atom is -0.494 e. The number of pyridine rings is 1. The second-order valence-corrected chi connectivity index (χ2v) is 5.41. The molecule has 0 aliphatic carbocycles. The number of nitrogens with zero attached hydrogens (tertiary/aromatic N) is 2. The smallest absolute Gasteiger partial charge is 0.274 e. The highest BCUT2D eigenvalue weighted by Crippen LogP contribution is 2.18. The Morgan fingerprint density at radius 3 is 2.58 bits per heavy atom. The van der Waals surface area contributed by atoms with E-state index in [1.807, 2.05) is 37.3 Å². The summed E-state index contributed by atoms with van der Waals surface area (Å²) in [5.74, 6) is 0.552. The maximum atomic E-state index is 12.3. The molecule has 1 aromatic heterocycles. The van der Waals surface area contributed by atoms with E-state index in [1.54, 1.807) is 12.3 Å². The lowest BCUT2D eigenvalue weighted by atomic mass is 10.2. The molecular formula is C18H21N3O3. The van der Waals surface area contributed by atoms with Crippen molar-refractivity contribution in [1.82, 2.24) is 4.98 Å². The molecule has 1 aromatic carbocycles. The van der Waals surface area contributed by atoms with Gasteiger partial charge in [0.25, 0.3) is 5.91 Å². The number of nitrogens with one attached hydrogen (secondary N) is 1. The van der Waals surface area contributed by atoms with Crippen molar-refractivity contribution in [1.29, 1.82) is 0 Å². The lowest BCUT2D eigenvalue weighted by molar-refractivity contribution is 0.102. The highest BCUT2D eigenvalue weighted by atomic mass is 16.5. The molecule has 1 amide bonds. The van der Waals surface area contributed by atoms with Gasteiger partial charge in [0.15, 0.2) is 0 Å². The molecule has 1 fully saturated rings. The Bertz CT molecular complexity index is 665. The van der Waals surface area contributed by atoms with Crippen molar-refractivity contribution in [3.05, 3.63) is 48.3 Å². The fourth-order valence-electron chi connectivity index (χ4n) is 2.53. The van der Waals surface area contributed by atoms with Gasteiger partial charge in [-0.3, -0.25) is 4.79 Å². The number of hydrogen-bond acceptors (Lipinski definition) is 5. The Balaban J connectivity index is 1.62. The standard InChI is InChI=1S/C18H21N3O3/c1-2-24-16-6-3-14(4-7-16)20-18(22)17-8-5-15(13-19-17)21-9-11-23-12-10-21/h3-8,13H,2,9-12H2,1H3,(H,20,22). The van der Waals surface area contributed by atoms with E-state index in [-0.39, 0.29) is 5.91 Å². The van der Waals surface area contributed by atoms with Crippen molar-refractivity contribution < 1.29 is 14.3 Å². The highest BCUT2D eigenvalue weighted by molar-refractivity contribution is 6.02. The minimum atomic E-state index is -0.229. The molecule has 126 valence electrons. The van der Waals surface area contributed by atoms with Crippen LogP contribution in [0.2, 0.25) is 0 Å². The predicted molar refractivity (Wildman–Crippen MR) is 92.8 cm³/mol. The quantitative estimate of drug-likeness (QED) is 0.914. The molecule has 1 aliphatic rings. The van der Waals surface area contributed by atoms with E-state index in [4.69, 9.17) is 9.47 Å². The number of carbonyl (C=O) groups is 1. The first-order chi connectivity index (χ1) is 11.8. The number of hydrogen-bond donors (Lipinski definition) is 1. The summed E-state index contributed by atoms with van der Waals surface area (Å²) in [6, 6.07) is 10.9. The van der Waals surface area contributed by atoms with Crippen LogP contribution in [-0.4, -0.2) is 43.8 Å². The number of aromatic nitrogens is 1. The van der Waals surface area contributed by atoms with E-state index < -0.39 is 0 Å². The van der Waals surface area contributed by atoms with Crippen molar-refractivity contribution in [2.75, 3.05) is 43.1 Å². The molecule has 0 atom stereocenters. The molecule has 24 heavy (non-hydrogen) atoms. The topological polar surface area (TPSA) is 63.7 Å². The first kappa shape index (κ1) is 16.3. The van der Waals surface area contributed by atoms with Crippen molar-refractivity contribution in [2.45, 2.75) is 6.92 Å². The van der Waals surface area contributed by atoms with Crippen LogP contribution in [0, 0.1) is 0 Å². The molecule has 2 aromatic rings. The third-order valence-electron chi connectivity index (χ3n) is 3.78. The molecule has 1 N–H and O–H groups in total. The number of benzene rings is 1. The maximum Gasteiger partial charge on any atom is 0.274 e. The predicted octanol–water partition coefficient (Wildman–Crippen LogP) is 2.57. The van der Waals surface area contributed by atoms with Gasteiger partial charge in [-0.25, -0.2) is 4.98 Å². The van der Waals surface area contributed by atoms with Gasteiger partial charge >= 0.3 is 0 Å². The molecule has 6 heteroatoms. The van der Waals surface area contributed by atoms with Gasteiger partial charge in [-0.05, 0) is 43.3 Å². The zero-order valence-electron chi connectivity index (χ0n) is 13.7. The molecule has 6 nitrogen and oxygen atoms in total. The third-order valence-corrected chi connectivity index (χ3v) is 3.78. The van der Waals surface area contributed by atoms with E-state index >= 15 is 0 Å². The average molecular weight is 327 g/mol. The van der Waals surface area contributed by atoms with Gasteiger partial charge in [0.2, 0.25) is 0 Å². The van der Waals surface area contributed by atoms with Crippen LogP contribution in [0.5, 0.6) is 5.75 Å². The average Bonchev–Trinajstić information content (AvgIpc) is 2.64. The van der Waals surface area contributed by atoms with E-state index in [9.17, 15) is 4.79 Å². The van der Waals surface area contributed by atoms with Gasteiger partial charge in [-0.15, -0.1) is 0 Å². The van der Waals surface area contributed by atoms with Gasteiger partial charge in [0.05, 0.1) is 31.7 Å². The number of anilines is 2. The zero-order chi connectivity index (χ0) is 16.8. The first-order valence-electron chi connectivity index (χ1n) is 8.09. The van der Waals surface area contributed by atoms with Crippen molar-refractivity contribution in [3.8, 4) is 5.75 Å². The number of ether oxygens (including phenoxy) is 2. The minimum absolute atomic E-state index is 0.229. The first-order valence-corrected chi connectivity index (χ1v) is 8.09. The van der Waals surface area contributed by atoms with Gasteiger partial charge in [0, 0.05) is 18.8 Å². The van der Waals surface area contributed by atoms with Crippen molar-refractivity contribution in [3.63, 3.8) is 0 Å². The summed E-state index contributed by atoms with van der Waals surface area (Å²) in [7, 11) is 0. The van der Waals surface area contributed by atoms with Gasteiger partial charge in [-0.2, -0.15) is 0 Å². The molecule has 1 aliphatic heterocycles. The van der Waals surface area contributed by atoms with Gasteiger partial charge < -0.3 is 19.7 Å². The van der Waals surface area contributed by atoms with Crippen molar-refractivity contribution >= 4 is 17.3 Å². The van der Waals surface area contributed by atoms with Crippen LogP contribution in [0.1, 0.15) is 17.4 Å². The van der Waals surface area contributed by atoms with Crippen LogP contribution >= 0.6 is 0 Å². The Hall–Kier alpha value is -2.60. The second-order valence-electron chi connectivity index (χ2n) is 5.41. The number of amides is 1. The number of morpholine rings is 1. The summed E-state index contributed by atoms with van der Waals surface area (Å²) in [5.41, 5.74) is 2.11. The lowest BCUT2D eigenvalue weighted by Gasteiger charge is -2.28. The molecule has 0 radical (unpaired) electrons. The number of rotatable bonds is 5. The lowest BCUT2D eigenvalue weighted by Crippen LogP contribution is -2.36. The summed E-state index contributed by atoms with van der Waals surface area (Å²) in [6.45, 7) is 5.69. The molecular weight excluding hydrogens is 306 g/mol. The Labute approximate surface area is 141 Å². The van der Waals surface area contributed by atoms with Crippen LogP contribution in [0.15, 0.2) is 42.6 Å². The fraction of sp³-hybridized carbons (Fsp3) is 0.333. The van der Waals surface area contributed by atoms with Gasteiger partial charge in [0.1, 0.15) is 11.4 Å². The molecule has 0 unspecified atom stereocenters. The second kappa shape index (κ2) is 7.79. The normalized spacial score (nSPS) is 14.3. The molecule has 0 bridgehead atoms. The summed E-state index contributed by atoms with van der Waals surface area (Å²) in [5, 5.41) is 2.84.